The first kappa shape index (κ1) is 19.3. The minimum absolute atomic E-state index is 0.0597. The predicted molar refractivity (Wildman–Crippen MR) is 121 cm³/mol. The Morgan fingerprint density at radius 2 is 2.00 bits per heavy atom. The fourth-order valence-corrected chi connectivity index (χ4v) is 4.32. The number of benzene rings is 1. The molecular formula is C24H20N4O2S. The van der Waals surface area contributed by atoms with Crippen molar-refractivity contribution >= 4 is 28.3 Å². The maximum atomic E-state index is 13.4. The van der Waals surface area contributed by atoms with E-state index in [-0.39, 0.29) is 5.91 Å². The summed E-state index contributed by atoms with van der Waals surface area (Å²) in [5.41, 5.74) is 2.94. The summed E-state index contributed by atoms with van der Waals surface area (Å²) in [7, 11) is 1.82. The Morgan fingerprint density at radius 3 is 2.74 bits per heavy atom. The summed E-state index contributed by atoms with van der Waals surface area (Å²) >= 11 is 1.64. The molecule has 0 radical (unpaired) electrons. The molecule has 1 amide bonds. The largest absolute Gasteiger partial charge is 0.467 e. The van der Waals surface area contributed by atoms with Gasteiger partial charge in [0.05, 0.1) is 35.6 Å². The molecular weight excluding hydrogens is 408 g/mol. The van der Waals surface area contributed by atoms with E-state index < -0.39 is 0 Å². The lowest BCUT2D eigenvalue weighted by atomic mass is 10.1. The van der Waals surface area contributed by atoms with Gasteiger partial charge >= 0.3 is 0 Å². The average molecular weight is 429 g/mol. The third-order valence-corrected chi connectivity index (χ3v) is 5.98. The van der Waals surface area contributed by atoms with E-state index in [1.807, 2.05) is 73.1 Å². The number of thiophene rings is 1. The summed E-state index contributed by atoms with van der Waals surface area (Å²) in [5.74, 6) is 0.718. The van der Waals surface area contributed by atoms with Gasteiger partial charge in [-0.3, -0.25) is 4.79 Å². The van der Waals surface area contributed by atoms with Crippen LogP contribution in [0, 0.1) is 0 Å². The SMILES string of the molecule is CN(Cc1cccs1)C(=O)c1cc(-c2ccccc2)nc2c1cnn2Cc1ccco1. The van der Waals surface area contributed by atoms with Crippen molar-refractivity contribution in [3.05, 3.63) is 94.7 Å². The van der Waals surface area contributed by atoms with Crippen LogP contribution in [0.25, 0.3) is 22.3 Å². The molecule has 4 heterocycles. The van der Waals surface area contributed by atoms with Gasteiger partial charge < -0.3 is 9.32 Å². The molecule has 7 heteroatoms. The van der Waals surface area contributed by atoms with Gasteiger partial charge in [-0.15, -0.1) is 11.3 Å². The van der Waals surface area contributed by atoms with Crippen molar-refractivity contribution < 1.29 is 9.21 Å². The normalized spacial score (nSPS) is 11.1. The molecule has 0 saturated heterocycles. The van der Waals surface area contributed by atoms with E-state index in [0.717, 1.165) is 27.3 Å². The molecule has 0 atom stereocenters. The number of carbonyl (C=O) groups excluding carboxylic acids is 1. The van der Waals surface area contributed by atoms with Crippen LogP contribution in [0.1, 0.15) is 21.0 Å². The zero-order chi connectivity index (χ0) is 21.2. The van der Waals surface area contributed by atoms with E-state index in [1.54, 1.807) is 33.4 Å². The molecule has 0 fully saturated rings. The summed E-state index contributed by atoms with van der Waals surface area (Å²) in [5, 5.41) is 7.26. The fraction of sp³-hybridized carbons (Fsp3) is 0.125. The van der Waals surface area contributed by atoms with Crippen molar-refractivity contribution in [2.75, 3.05) is 7.05 Å². The van der Waals surface area contributed by atoms with Crippen LogP contribution >= 0.6 is 11.3 Å². The Hall–Kier alpha value is -3.71. The van der Waals surface area contributed by atoms with E-state index >= 15 is 0 Å². The first-order valence-corrected chi connectivity index (χ1v) is 10.8. The minimum atomic E-state index is -0.0597. The molecule has 31 heavy (non-hydrogen) atoms. The smallest absolute Gasteiger partial charge is 0.254 e. The highest BCUT2D eigenvalue weighted by atomic mass is 32.1. The first-order chi connectivity index (χ1) is 15.2. The Bertz CT molecular complexity index is 1310. The van der Waals surface area contributed by atoms with Crippen molar-refractivity contribution in [3.63, 3.8) is 0 Å². The van der Waals surface area contributed by atoms with Gasteiger partial charge in [0.1, 0.15) is 12.3 Å². The van der Waals surface area contributed by atoms with E-state index in [2.05, 4.69) is 5.10 Å². The standard InChI is InChI=1S/C24H20N4O2S/c1-27(16-19-10-6-12-31-19)24(29)20-13-22(17-7-3-2-4-8-17)26-23-21(20)14-25-28(23)15-18-9-5-11-30-18/h2-14H,15-16H2,1H3. The summed E-state index contributed by atoms with van der Waals surface area (Å²) in [6, 6.07) is 19.5. The number of amides is 1. The molecule has 0 saturated carbocycles. The Labute approximate surface area is 183 Å². The number of nitrogens with zero attached hydrogens (tertiary/aromatic N) is 4. The molecule has 0 spiro atoms. The summed E-state index contributed by atoms with van der Waals surface area (Å²) in [6.45, 7) is 1.00. The number of pyridine rings is 1. The number of furan rings is 1. The van der Waals surface area contributed by atoms with Gasteiger partial charge in [0.15, 0.2) is 5.65 Å². The van der Waals surface area contributed by atoms with Crippen LogP contribution in [0.4, 0.5) is 0 Å². The molecule has 4 aromatic heterocycles. The van der Waals surface area contributed by atoms with Crippen molar-refractivity contribution in [1.82, 2.24) is 19.7 Å². The van der Waals surface area contributed by atoms with Crippen LogP contribution in [0.2, 0.25) is 0 Å². The highest BCUT2D eigenvalue weighted by Crippen LogP contribution is 2.27. The zero-order valence-electron chi connectivity index (χ0n) is 16.9. The highest BCUT2D eigenvalue weighted by Gasteiger charge is 2.21. The molecule has 0 aliphatic carbocycles. The highest BCUT2D eigenvalue weighted by molar-refractivity contribution is 7.09. The lowest BCUT2D eigenvalue weighted by molar-refractivity contribution is 0.0788. The quantitative estimate of drug-likeness (QED) is 0.379. The Kier molecular flexibility index (Phi) is 5.09. The van der Waals surface area contributed by atoms with Crippen LogP contribution in [0.15, 0.2) is 82.9 Å². The molecule has 0 bridgehead atoms. The molecule has 0 unspecified atom stereocenters. The summed E-state index contributed by atoms with van der Waals surface area (Å²) in [4.78, 5) is 21.2. The number of carbonyl (C=O) groups is 1. The van der Waals surface area contributed by atoms with Crippen LogP contribution in [0.3, 0.4) is 0 Å². The molecule has 0 aliphatic rings. The van der Waals surface area contributed by atoms with Crippen LogP contribution in [0.5, 0.6) is 0 Å². The van der Waals surface area contributed by atoms with Crippen LogP contribution in [-0.4, -0.2) is 32.6 Å². The Morgan fingerprint density at radius 1 is 1.13 bits per heavy atom. The van der Waals surface area contributed by atoms with Crippen molar-refractivity contribution in [1.29, 1.82) is 0 Å². The third-order valence-electron chi connectivity index (χ3n) is 5.11. The molecule has 0 aliphatic heterocycles. The van der Waals surface area contributed by atoms with Gasteiger partial charge in [-0.05, 0) is 29.6 Å². The lowest BCUT2D eigenvalue weighted by Crippen LogP contribution is -2.26. The van der Waals surface area contributed by atoms with Crippen molar-refractivity contribution in [3.8, 4) is 11.3 Å². The lowest BCUT2D eigenvalue weighted by Gasteiger charge is -2.17. The number of hydrogen-bond acceptors (Lipinski definition) is 5. The molecule has 0 N–H and O–H groups in total. The topological polar surface area (TPSA) is 64.2 Å². The second kappa shape index (κ2) is 8.20. The predicted octanol–water partition coefficient (Wildman–Crippen LogP) is 5.07. The molecule has 5 aromatic rings. The van der Waals surface area contributed by atoms with Gasteiger partial charge in [-0.1, -0.05) is 36.4 Å². The number of hydrogen-bond donors (Lipinski definition) is 0. The second-order valence-electron chi connectivity index (χ2n) is 7.28. The van der Waals surface area contributed by atoms with E-state index in [0.29, 0.717) is 24.3 Å². The molecule has 154 valence electrons. The average Bonchev–Trinajstić information content (AvgIpc) is 3.57. The maximum absolute atomic E-state index is 13.4. The number of rotatable bonds is 6. The van der Waals surface area contributed by atoms with Gasteiger partial charge in [-0.25, -0.2) is 9.67 Å². The van der Waals surface area contributed by atoms with Crippen molar-refractivity contribution in [2.45, 2.75) is 13.1 Å². The van der Waals surface area contributed by atoms with Gasteiger partial charge in [-0.2, -0.15) is 5.10 Å². The summed E-state index contributed by atoms with van der Waals surface area (Å²) in [6.07, 6.45) is 3.35. The van der Waals surface area contributed by atoms with E-state index in [9.17, 15) is 4.79 Å². The summed E-state index contributed by atoms with van der Waals surface area (Å²) < 4.78 is 7.26. The first-order valence-electron chi connectivity index (χ1n) is 9.91. The maximum Gasteiger partial charge on any atom is 0.254 e. The monoisotopic (exact) mass is 428 g/mol. The third kappa shape index (κ3) is 3.87. The van der Waals surface area contributed by atoms with Crippen molar-refractivity contribution in [2.24, 2.45) is 0 Å². The molecule has 1 aromatic carbocycles. The minimum Gasteiger partial charge on any atom is -0.467 e. The van der Waals surface area contributed by atoms with E-state index in [4.69, 9.17) is 9.40 Å². The zero-order valence-corrected chi connectivity index (χ0v) is 17.7. The van der Waals surface area contributed by atoms with Gasteiger partial charge in [0.25, 0.3) is 5.91 Å². The fourth-order valence-electron chi connectivity index (χ4n) is 3.56. The van der Waals surface area contributed by atoms with Gasteiger partial charge in [0, 0.05) is 17.5 Å². The van der Waals surface area contributed by atoms with Crippen LogP contribution < -0.4 is 0 Å². The molecule has 5 rings (SSSR count). The molecule has 6 nitrogen and oxygen atoms in total. The second-order valence-corrected chi connectivity index (χ2v) is 8.31. The number of aromatic nitrogens is 3. The Balaban J connectivity index is 1.60. The van der Waals surface area contributed by atoms with Gasteiger partial charge in [0.2, 0.25) is 0 Å². The number of fused-ring (bicyclic) bond motifs is 1. The van der Waals surface area contributed by atoms with Crippen LogP contribution in [-0.2, 0) is 13.1 Å². The van der Waals surface area contributed by atoms with E-state index in [1.165, 1.54) is 0 Å².